The summed E-state index contributed by atoms with van der Waals surface area (Å²) in [6.45, 7) is 2.44. The van der Waals surface area contributed by atoms with Crippen LogP contribution in [0, 0.1) is 17.6 Å². The lowest BCUT2D eigenvalue weighted by molar-refractivity contribution is -0.151. The highest BCUT2D eigenvalue weighted by atomic mass is 32.1. The van der Waals surface area contributed by atoms with Gasteiger partial charge in [0.25, 0.3) is 11.5 Å². The number of hydrogen-bond acceptors (Lipinski definition) is 7. The zero-order chi connectivity index (χ0) is 30.4. The molecule has 0 bridgehead atoms. The van der Waals surface area contributed by atoms with Crippen LogP contribution >= 0.6 is 22.7 Å². The van der Waals surface area contributed by atoms with E-state index in [-0.39, 0.29) is 22.3 Å². The van der Waals surface area contributed by atoms with Gasteiger partial charge in [0.05, 0.1) is 23.4 Å². The largest absolute Gasteiger partial charge is 0.444 e. The lowest BCUT2D eigenvalue weighted by Gasteiger charge is -2.15. The molecule has 4 rings (SSSR count). The van der Waals surface area contributed by atoms with E-state index in [0.717, 1.165) is 37.9 Å². The minimum atomic E-state index is -5.33. The number of aromatic nitrogens is 3. The first-order valence-electron chi connectivity index (χ1n) is 11.8. The SMILES string of the molecule is CC(C)C(=O)OCn1c(-c2ccc(F)c(C(F)(F)F)c2F)cs/c1=N\C(=O)Cc1csc2c1c(=O)n(C)c(=O)n2C. The van der Waals surface area contributed by atoms with Crippen molar-refractivity contribution in [1.82, 2.24) is 13.7 Å². The molecule has 0 saturated heterocycles. The van der Waals surface area contributed by atoms with Crippen LogP contribution < -0.4 is 16.1 Å². The van der Waals surface area contributed by atoms with Crippen LogP contribution in [0.25, 0.3) is 21.5 Å². The molecule has 0 aliphatic rings. The maximum atomic E-state index is 15.0. The van der Waals surface area contributed by atoms with Crippen molar-refractivity contribution in [2.24, 2.45) is 25.0 Å². The summed E-state index contributed by atoms with van der Waals surface area (Å²) in [5, 5.41) is 2.88. The summed E-state index contributed by atoms with van der Waals surface area (Å²) in [4.78, 5) is 54.2. The van der Waals surface area contributed by atoms with Gasteiger partial charge in [-0.3, -0.25) is 28.1 Å². The van der Waals surface area contributed by atoms with E-state index in [0.29, 0.717) is 16.5 Å². The van der Waals surface area contributed by atoms with Gasteiger partial charge in [0.2, 0.25) is 0 Å². The molecule has 4 aromatic rings. The number of esters is 1. The molecule has 0 aliphatic heterocycles. The minimum Gasteiger partial charge on any atom is -0.444 e. The number of ether oxygens (including phenoxy) is 1. The van der Waals surface area contributed by atoms with Gasteiger partial charge in [-0.2, -0.15) is 18.2 Å². The molecule has 0 N–H and O–H groups in total. The molecule has 1 amide bonds. The van der Waals surface area contributed by atoms with E-state index in [9.17, 15) is 41.1 Å². The highest BCUT2D eigenvalue weighted by molar-refractivity contribution is 7.17. The Hall–Kier alpha value is -3.92. The molecule has 0 aliphatic carbocycles. The molecule has 0 spiro atoms. The molecule has 0 atom stereocenters. The standard InChI is InChI=1S/C25H21F5N4O5S2/c1-11(2)22(37)39-10-34-15(13-5-6-14(26)18(19(13)27)25(28,29)30)9-41-23(34)31-16(35)7-12-8-40-21-17(12)20(36)32(3)24(38)33(21)4/h5-6,8-9,11H,7,10H2,1-4H3/b31-23-. The summed E-state index contributed by atoms with van der Waals surface area (Å²) in [7, 11) is 2.77. The van der Waals surface area contributed by atoms with E-state index in [4.69, 9.17) is 4.74 Å². The Bertz CT molecular complexity index is 1880. The number of thiophene rings is 1. The van der Waals surface area contributed by atoms with E-state index in [1.54, 1.807) is 0 Å². The molecular weight excluding hydrogens is 595 g/mol. The van der Waals surface area contributed by atoms with E-state index < -0.39 is 64.7 Å². The first-order valence-corrected chi connectivity index (χ1v) is 13.5. The molecule has 3 aromatic heterocycles. The van der Waals surface area contributed by atoms with E-state index >= 15 is 0 Å². The fourth-order valence-corrected chi connectivity index (χ4v) is 5.86. The van der Waals surface area contributed by atoms with Crippen molar-refractivity contribution in [3.8, 4) is 11.3 Å². The first kappa shape index (κ1) is 30.0. The number of rotatable bonds is 6. The molecule has 1 aromatic carbocycles. The van der Waals surface area contributed by atoms with Crippen molar-refractivity contribution in [3.63, 3.8) is 0 Å². The monoisotopic (exact) mass is 616 g/mol. The second kappa shape index (κ2) is 11.2. The second-order valence-corrected chi connectivity index (χ2v) is 10.9. The predicted octanol–water partition coefficient (Wildman–Crippen LogP) is 3.95. The zero-order valence-corrected chi connectivity index (χ0v) is 23.5. The van der Waals surface area contributed by atoms with Gasteiger partial charge in [0, 0.05) is 25.0 Å². The zero-order valence-electron chi connectivity index (χ0n) is 21.8. The number of alkyl halides is 3. The molecule has 0 saturated carbocycles. The fourth-order valence-electron chi connectivity index (χ4n) is 3.93. The number of hydrogen-bond donors (Lipinski definition) is 0. The molecule has 0 radical (unpaired) electrons. The van der Waals surface area contributed by atoms with Gasteiger partial charge in [0.1, 0.15) is 22.0 Å². The molecule has 16 heteroatoms. The Morgan fingerprint density at radius 3 is 2.37 bits per heavy atom. The minimum absolute atomic E-state index is 0.154. The van der Waals surface area contributed by atoms with Gasteiger partial charge in [-0.1, -0.05) is 13.8 Å². The number of aryl methyl sites for hydroxylation is 1. The van der Waals surface area contributed by atoms with Crippen LogP contribution in [0.5, 0.6) is 0 Å². The van der Waals surface area contributed by atoms with Gasteiger partial charge in [-0.05, 0) is 23.1 Å². The molecule has 0 fully saturated rings. The van der Waals surface area contributed by atoms with Crippen LogP contribution in [0.3, 0.4) is 0 Å². The van der Waals surface area contributed by atoms with Crippen LogP contribution in [0.4, 0.5) is 22.0 Å². The third-order valence-corrected chi connectivity index (χ3v) is 8.03. The topological polar surface area (TPSA) is 105 Å². The summed E-state index contributed by atoms with van der Waals surface area (Å²) in [5.74, 6) is -5.74. The molecule has 3 heterocycles. The summed E-state index contributed by atoms with van der Waals surface area (Å²) in [6, 6.07) is 1.26. The number of carbonyl (C=O) groups is 2. The molecule has 9 nitrogen and oxygen atoms in total. The van der Waals surface area contributed by atoms with Crippen molar-refractivity contribution < 1.29 is 36.3 Å². The lowest BCUT2D eigenvalue weighted by atomic mass is 10.1. The lowest BCUT2D eigenvalue weighted by Crippen LogP contribution is -2.36. The van der Waals surface area contributed by atoms with Gasteiger partial charge < -0.3 is 4.74 Å². The number of nitrogens with zero attached hydrogens (tertiary/aromatic N) is 4. The highest BCUT2D eigenvalue weighted by Gasteiger charge is 2.39. The van der Waals surface area contributed by atoms with E-state index in [2.05, 4.69) is 4.99 Å². The highest BCUT2D eigenvalue weighted by Crippen LogP contribution is 2.37. The average Bonchev–Trinajstić information content (AvgIpc) is 3.48. The van der Waals surface area contributed by atoms with Crippen molar-refractivity contribution >= 4 is 44.8 Å². The van der Waals surface area contributed by atoms with Crippen LogP contribution in [0.15, 0.2) is 37.5 Å². The van der Waals surface area contributed by atoms with Crippen molar-refractivity contribution in [2.75, 3.05) is 0 Å². The molecule has 0 unspecified atom stereocenters. The predicted molar refractivity (Wildman–Crippen MR) is 140 cm³/mol. The smallest absolute Gasteiger partial charge is 0.422 e. The molecular formula is C25H21F5N4O5S2. The maximum absolute atomic E-state index is 15.0. The van der Waals surface area contributed by atoms with Crippen LogP contribution in [-0.2, 0) is 47.7 Å². The van der Waals surface area contributed by atoms with Crippen LogP contribution in [0.1, 0.15) is 25.0 Å². The number of fused-ring (bicyclic) bond motifs is 1. The quantitative estimate of drug-likeness (QED) is 0.241. The molecule has 41 heavy (non-hydrogen) atoms. The first-order chi connectivity index (χ1) is 19.1. The van der Waals surface area contributed by atoms with Crippen molar-refractivity contribution in [2.45, 2.75) is 33.2 Å². The number of benzene rings is 1. The van der Waals surface area contributed by atoms with E-state index in [1.165, 1.54) is 43.3 Å². The van der Waals surface area contributed by atoms with Gasteiger partial charge in [0.15, 0.2) is 11.5 Å². The van der Waals surface area contributed by atoms with Crippen molar-refractivity contribution in [3.05, 3.63) is 71.3 Å². The van der Waals surface area contributed by atoms with Crippen LogP contribution in [0.2, 0.25) is 0 Å². The number of thiazole rings is 1. The number of halogens is 5. The van der Waals surface area contributed by atoms with Gasteiger partial charge in [-0.25, -0.2) is 13.6 Å². The Morgan fingerprint density at radius 2 is 1.73 bits per heavy atom. The second-order valence-electron chi connectivity index (χ2n) is 9.19. The number of carbonyl (C=O) groups excluding carboxylic acids is 2. The maximum Gasteiger partial charge on any atom is 0.422 e. The Balaban J connectivity index is 1.81. The normalized spacial score (nSPS) is 12.5. The Labute approximate surface area is 235 Å². The number of amides is 1. The average molecular weight is 617 g/mol. The fraction of sp³-hybridized carbons (Fsp3) is 0.320. The Kier molecular flexibility index (Phi) is 8.18. The summed E-state index contributed by atoms with van der Waals surface area (Å²) >= 11 is 1.83. The van der Waals surface area contributed by atoms with Gasteiger partial charge in [-0.15, -0.1) is 22.7 Å². The molecule has 218 valence electrons. The van der Waals surface area contributed by atoms with Gasteiger partial charge >= 0.3 is 17.8 Å². The summed E-state index contributed by atoms with van der Waals surface area (Å²) < 4.78 is 77.4. The Morgan fingerprint density at radius 1 is 1.05 bits per heavy atom. The summed E-state index contributed by atoms with van der Waals surface area (Å²) in [5.41, 5.74) is -3.85. The van der Waals surface area contributed by atoms with Crippen molar-refractivity contribution in [1.29, 1.82) is 0 Å². The third kappa shape index (κ3) is 5.66. The van der Waals surface area contributed by atoms with E-state index in [1.807, 2.05) is 0 Å². The van der Waals surface area contributed by atoms with Crippen LogP contribution in [-0.4, -0.2) is 25.6 Å². The summed E-state index contributed by atoms with van der Waals surface area (Å²) in [6.07, 6.45) is -5.71. The third-order valence-electron chi connectivity index (χ3n) is 6.06.